The largest absolute Gasteiger partial charge is 0.494 e. The number of benzene rings is 1. The van der Waals surface area contributed by atoms with E-state index in [1.807, 2.05) is 0 Å². The second-order valence-electron chi connectivity index (χ2n) is 5.84. The van der Waals surface area contributed by atoms with Gasteiger partial charge >= 0.3 is 0 Å². The number of carbonyl (C=O) groups is 1. The van der Waals surface area contributed by atoms with E-state index in [0.29, 0.717) is 5.82 Å². The van der Waals surface area contributed by atoms with Crippen molar-refractivity contribution in [3.05, 3.63) is 53.4 Å². The highest BCUT2D eigenvalue weighted by Crippen LogP contribution is 2.24. The van der Waals surface area contributed by atoms with Crippen molar-refractivity contribution in [3.63, 3.8) is 0 Å². The first-order valence-electron chi connectivity index (χ1n) is 8.21. The lowest BCUT2D eigenvalue weighted by atomic mass is 10.1. The molecule has 0 spiro atoms. The van der Waals surface area contributed by atoms with Crippen LogP contribution in [0, 0.1) is 5.82 Å². The van der Waals surface area contributed by atoms with E-state index in [-0.39, 0.29) is 29.9 Å². The Kier molecular flexibility index (Phi) is 5.55. The predicted octanol–water partition coefficient (Wildman–Crippen LogP) is 2.80. The summed E-state index contributed by atoms with van der Waals surface area (Å²) in [5.74, 6) is -0.172. The molecule has 1 aliphatic rings. The summed E-state index contributed by atoms with van der Waals surface area (Å²) in [5.41, 5.74) is 0.994. The molecule has 1 aromatic heterocycles. The fourth-order valence-corrected chi connectivity index (χ4v) is 2.66. The number of ether oxygens (including phenoxy) is 2. The van der Waals surface area contributed by atoms with Crippen LogP contribution in [-0.2, 0) is 11.3 Å². The first-order valence-corrected chi connectivity index (χ1v) is 8.21. The van der Waals surface area contributed by atoms with Crippen molar-refractivity contribution >= 4 is 5.91 Å². The fourth-order valence-electron chi connectivity index (χ4n) is 2.66. The molecule has 1 saturated heterocycles. The molecule has 1 aromatic carbocycles. The third-order valence-corrected chi connectivity index (χ3v) is 4.06. The fraction of sp³-hybridized carbons (Fsp3) is 0.389. The van der Waals surface area contributed by atoms with Crippen LogP contribution in [0.25, 0.3) is 0 Å². The summed E-state index contributed by atoms with van der Waals surface area (Å²) in [7, 11) is 1.38. The van der Waals surface area contributed by atoms with Crippen molar-refractivity contribution in [1.82, 2.24) is 15.3 Å². The maximum absolute atomic E-state index is 13.7. The minimum atomic E-state index is -0.574. The molecule has 0 unspecified atom stereocenters. The Labute approximate surface area is 145 Å². The van der Waals surface area contributed by atoms with E-state index in [4.69, 9.17) is 9.47 Å². The number of halogens is 1. The van der Waals surface area contributed by atoms with Gasteiger partial charge in [-0.3, -0.25) is 4.79 Å². The van der Waals surface area contributed by atoms with Crippen molar-refractivity contribution in [2.45, 2.75) is 31.9 Å². The lowest BCUT2D eigenvalue weighted by Crippen LogP contribution is -2.23. The van der Waals surface area contributed by atoms with Gasteiger partial charge < -0.3 is 14.8 Å². The van der Waals surface area contributed by atoms with Gasteiger partial charge in [0.2, 0.25) is 0 Å². The summed E-state index contributed by atoms with van der Waals surface area (Å²) in [5, 5.41) is 2.72. The summed E-state index contributed by atoms with van der Waals surface area (Å²) in [6.45, 7) is 1.00. The third kappa shape index (κ3) is 4.30. The van der Waals surface area contributed by atoms with Crippen molar-refractivity contribution in [1.29, 1.82) is 0 Å². The third-order valence-electron chi connectivity index (χ3n) is 4.06. The second kappa shape index (κ2) is 8.02. The quantitative estimate of drug-likeness (QED) is 0.902. The molecule has 0 radical (unpaired) electrons. The summed E-state index contributed by atoms with van der Waals surface area (Å²) in [6, 6.07) is 4.08. The van der Waals surface area contributed by atoms with E-state index < -0.39 is 5.82 Å². The molecule has 132 valence electrons. The Hall–Kier alpha value is -2.54. The van der Waals surface area contributed by atoms with E-state index >= 15 is 0 Å². The molecule has 6 nitrogen and oxygen atoms in total. The molecule has 25 heavy (non-hydrogen) atoms. The number of hydrogen-bond donors (Lipinski definition) is 1. The zero-order valence-electron chi connectivity index (χ0n) is 14.0. The van der Waals surface area contributed by atoms with Gasteiger partial charge in [0.15, 0.2) is 17.4 Å². The first kappa shape index (κ1) is 17.3. The topological polar surface area (TPSA) is 73.3 Å². The maximum atomic E-state index is 13.7. The minimum absolute atomic E-state index is 0.0420. The molecule has 1 fully saturated rings. The Bertz CT molecular complexity index is 731. The molecule has 0 aliphatic carbocycles. The van der Waals surface area contributed by atoms with Crippen LogP contribution in [0.5, 0.6) is 5.75 Å². The molecule has 1 N–H and O–H groups in total. The van der Waals surface area contributed by atoms with Gasteiger partial charge in [-0.1, -0.05) is 0 Å². The average molecular weight is 345 g/mol. The number of aromatic nitrogens is 2. The highest BCUT2D eigenvalue weighted by Gasteiger charge is 2.18. The zero-order chi connectivity index (χ0) is 17.6. The van der Waals surface area contributed by atoms with Gasteiger partial charge in [0, 0.05) is 36.7 Å². The maximum Gasteiger partial charge on any atom is 0.251 e. The smallest absolute Gasteiger partial charge is 0.251 e. The number of hydrogen-bond acceptors (Lipinski definition) is 5. The van der Waals surface area contributed by atoms with E-state index in [1.165, 1.54) is 19.2 Å². The predicted molar refractivity (Wildman–Crippen MR) is 88.7 cm³/mol. The summed E-state index contributed by atoms with van der Waals surface area (Å²) >= 11 is 0. The molecule has 1 amide bonds. The molecule has 2 heterocycles. The van der Waals surface area contributed by atoms with Crippen LogP contribution in [0.1, 0.15) is 47.1 Å². The molecular weight excluding hydrogens is 325 g/mol. The SMILES string of the molecule is COc1ccc(C(=O)NCc2cnc([C@H]3CCCCO3)nc2)cc1F. The van der Waals surface area contributed by atoms with Crippen molar-refractivity contribution in [3.8, 4) is 5.75 Å². The standard InChI is InChI=1S/C18H20FN3O3/c1-24-15-6-5-13(8-14(15)19)18(23)22-11-12-9-20-17(21-10-12)16-4-2-3-7-25-16/h5-6,8-10,16H,2-4,7,11H2,1H3,(H,22,23)/t16-/m1/s1. The van der Waals surface area contributed by atoms with Gasteiger partial charge in [0.25, 0.3) is 5.91 Å². The number of methoxy groups -OCH3 is 1. The van der Waals surface area contributed by atoms with Gasteiger partial charge in [0.05, 0.1) is 7.11 Å². The van der Waals surface area contributed by atoms with E-state index in [0.717, 1.165) is 37.5 Å². The highest BCUT2D eigenvalue weighted by molar-refractivity contribution is 5.94. The van der Waals surface area contributed by atoms with Crippen LogP contribution < -0.4 is 10.1 Å². The second-order valence-corrected chi connectivity index (χ2v) is 5.84. The molecular formula is C18H20FN3O3. The molecule has 1 aliphatic heterocycles. The molecule has 3 rings (SSSR count). The number of nitrogens with one attached hydrogen (secondary N) is 1. The Balaban J connectivity index is 1.57. The molecule has 0 bridgehead atoms. The van der Waals surface area contributed by atoms with E-state index in [2.05, 4.69) is 15.3 Å². The molecule has 0 saturated carbocycles. The number of nitrogens with zero attached hydrogens (tertiary/aromatic N) is 2. The molecule has 7 heteroatoms. The van der Waals surface area contributed by atoms with Crippen LogP contribution in [0.15, 0.2) is 30.6 Å². The van der Waals surface area contributed by atoms with Crippen molar-refractivity contribution < 1.29 is 18.7 Å². The van der Waals surface area contributed by atoms with Crippen LogP contribution >= 0.6 is 0 Å². The van der Waals surface area contributed by atoms with Gasteiger partial charge in [-0.15, -0.1) is 0 Å². The highest BCUT2D eigenvalue weighted by atomic mass is 19.1. The van der Waals surface area contributed by atoms with Crippen LogP contribution in [-0.4, -0.2) is 29.6 Å². The monoisotopic (exact) mass is 345 g/mol. The summed E-state index contributed by atoms with van der Waals surface area (Å²) in [4.78, 5) is 20.8. The van der Waals surface area contributed by atoms with Crippen molar-refractivity contribution in [2.75, 3.05) is 13.7 Å². The van der Waals surface area contributed by atoms with Crippen LogP contribution in [0.3, 0.4) is 0 Å². The lowest BCUT2D eigenvalue weighted by Gasteiger charge is -2.21. The number of carbonyl (C=O) groups excluding carboxylic acids is 1. The summed E-state index contributed by atoms with van der Waals surface area (Å²) in [6.07, 6.45) is 6.43. The Morgan fingerprint density at radius 3 is 2.80 bits per heavy atom. The molecule has 1 atom stereocenters. The first-order chi connectivity index (χ1) is 12.2. The number of amides is 1. The summed E-state index contributed by atoms with van der Waals surface area (Å²) < 4.78 is 24.1. The van der Waals surface area contributed by atoms with Crippen molar-refractivity contribution in [2.24, 2.45) is 0 Å². The zero-order valence-corrected chi connectivity index (χ0v) is 14.0. The lowest BCUT2D eigenvalue weighted by molar-refractivity contribution is 0.00940. The Morgan fingerprint density at radius 1 is 1.36 bits per heavy atom. The van der Waals surface area contributed by atoms with E-state index in [1.54, 1.807) is 12.4 Å². The van der Waals surface area contributed by atoms with Crippen LogP contribution in [0.4, 0.5) is 4.39 Å². The van der Waals surface area contributed by atoms with Gasteiger partial charge in [-0.25, -0.2) is 14.4 Å². The van der Waals surface area contributed by atoms with E-state index in [9.17, 15) is 9.18 Å². The molecule has 2 aromatic rings. The normalized spacial score (nSPS) is 17.1. The minimum Gasteiger partial charge on any atom is -0.494 e. The Morgan fingerprint density at radius 2 is 2.16 bits per heavy atom. The van der Waals surface area contributed by atoms with Gasteiger partial charge in [-0.2, -0.15) is 0 Å². The van der Waals surface area contributed by atoms with Gasteiger partial charge in [0.1, 0.15) is 6.10 Å². The van der Waals surface area contributed by atoms with Gasteiger partial charge in [-0.05, 0) is 37.5 Å². The average Bonchev–Trinajstić information content (AvgIpc) is 2.67. The van der Waals surface area contributed by atoms with Crippen LogP contribution in [0.2, 0.25) is 0 Å². The number of rotatable bonds is 5.